The van der Waals surface area contributed by atoms with Crippen molar-refractivity contribution in [3.8, 4) is 27.2 Å². The number of pyridine rings is 1. The fourth-order valence-electron chi connectivity index (χ4n) is 2.08. The molecule has 0 radical (unpaired) electrons. The molecule has 3 heterocycles. The molecule has 0 aliphatic heterocycles. The Hall–Kier alpha value is -2.31. The maximum atomic E-state index is 12.9. The number of nitriles is 1. The second-order valence-electron chi connectivity index (χ2n) is 4.69. The number of aromatic nitrogens is 3. The Morgan fingerprint density at radius 1 is 1.29 bits per heavy atom. The van der Waals surface area contributed by atoms with Crippen LogP contribution in [0.2, 0.25) is 0 Å². The first kappa shape index (κ1) is 16.5. The molecule has 3 rings (SSSR count). The Bertz CT molecular complexity index is 862. The summed E-state index contributed by atoms with van der Waals surface area (Å²) in [5.74, 6) is -0.00370. The highest BCUT2D eigenvalue weighted by Gasteiger charge is 2.35. The van der Waals surface area contributed by atoms with Crippen molar-refractivity contribution in [2.75, 3.05) is 0 Å². The highest BCUT2D eigenvalue weighted by atomic mass is 32.2. The van der Waals surface area contributed by atoms with Gasteiger partial charge in [-0.2, -0.15) is 23.5 Å². The van der Waals surface area contributed by atoms with Crippen molar-refractivity contribution in [2.45, 2.75) is 12.1 Å². The quantitative estimate of drug-likeness (QED) is 0.619. The minimum Gasteiger partial charge on any atom is -0.254 e. The maximum Gasteiger partial charge on any atom is 0.435 e. The molecule has 0 N–H and O–H groups in total. The van der Waals surface area contributed by atoms with Crippen LogP contribution in [0.15, 0.2) is 41.9 Å². The van der Waals surface area contributed by atoms with Gasteiger partial charge in [-0.3, -0.25) is 9.67 Å². The van der Waals surface area contributed by atoms with E-state index in [0.29, 0.717) is 5.69 Å². The lowest BCUT2D eigenvalue weighted by molar-refractivity contribution is -0.141. The smallest absolute Gasteiger partial charge is 0.254 e. The summed E-state index contributed by atoms with van der Waals surface area (Å²) in [6.45, 7) is 0. The lowest BCUT2D eigenvalue weighted by Crippen LogP contribution is -2.07. The predicted molar refractivity (Wildman–Crippen MR) is 87.0 cm³/mol. The van der Waals surface area contributed by atoms with Crippen LogP contribution in [0.1, 0.15) is 5.69 Å². The van der Waals surface area contributed by atoms with Crippen LogP contribution < -0.4 is 0 Å². The number of thiocyanates is 1. The number of rotatable bonds is 4. The van der Waals surface area contributed by atoms with Gasteiger partial charge in [0.25, 0.3) is 0 Å². The molecule has 0 aromatic carbocycles. The van der Waals surface area contributed by atoms with E-state index >= 15 is 0 Å². The maximum absolute atomic E-state index is 12.9. The fraction of sp³-hybridized carbons (Fsp3) is 0.133. The summed E-state index contributed by atoms with van der Waals surface area (Å²) in [5.41, 5.74) is 0.488. The number of nitrogens with zero attached hydrogens (tertiary/aromatic N) is 4. The van der Waals surface area contributed by atoms with E-state index in [1.165, 1.54) is 0 Å². The molecule has 24 heavy (non-hydrogen) atoms. The third-order valence-electron chi connectivity index (χ3n) is 3.15. The van der Waals surface area contributed by atoms with Gasteiger partial charge in [0.05, 0.1) is 11.4 Å². The summed E-state index contributed by atoms with van der Waals surface area (Å²) in [4.78, 5) is 5.28. The number of hydrogen-bond acceptors (Lipinski definition) is 5. The molecule has 0 amide bonds. The van der Waals surface area contributed by atoms with Crippen molar-refractivity contribution in [3.63, 3.8) is 0 Å². The van der Waals surface area contributed by atoms with Crippen LogP contribution in [0.5, 0.6) is 0 Å². The van der Waals surface area contributed by atoms with Gasteiger partial charge >= 0.3 is 6.18 Å². The lowest BCUT2D eigenvalue weighted by atomic mass is 10.2. The molecule has 0 saturated heterocycles. The first-order valence-corrected chi connectivity index (χ1v) is 8.52. The summed E-state index contributed by atoms with van der Waals surface area (Å²) < 4.78 is 39.8. The first-order chi connectivity index (χ1) is 11.5. The molecule has 0 spiro atoms. The van der Waals surface area contributed by atoms with Crippen LogP contribution in [0, 0.1) is 10.7 Å². The second kappa shape index (κ2) is 6.67. The van der Waals surface area contributed by atoms with E-state index in [9.17, 15) is 13.2 Å². The first-order valence-electron chi connectivity index (χ1n) is 6.65. The topological polar surface area (TPSA) is 54.5 Å². The number of hydrogen-bond donors (Lipinski definition) is 0. The molecule has 3 aromatic rings. The van der Waals surface area contributed by atoms with Crippen molar-refractivity contribution in [3.05, 3.63) is 47.6 Å². The summed E-state index contributed by atoms with van der Waals surface area (Å²) in [7, 11) is 0. The molecule has 0 saturated carbocycles. The van der Waals surface area contributed by atoms with Gasteiger partial charge in [0.15, 0.2) is 5.69 Å². The van der Waals surface area contributed by atoms with E-state index in [0.717, 1.165) is 33.0 Å². The zero-order valence-corrected chi connectivity index (χ0v) is 13.6. The van der Waals surface area contributed by atoms with Gasteiger partial charge in [-0.25, -0.2) is 0 Å². The minimum absolute atomic E-state index is 0.00370. The zero-order valence-electron chi connectivity index (χ0n) is 12.0. The molecule has 122 valence electrons. The van der Waals surface area contributed by atoms with Crippen LogP contribution in [-0.2, 0) is 12.1 Å². The van der Waals surface area contributed by atoms with Crippen LogP contribution in [0.25, 0.3) is 21.8 Å². The van der Waals surface area contributed by atoms with Crippen LogP contribution >= 0.6 is 23.1 Å². The summed E-state index contributed by atoms with van der Waals surface area (Å²) in [6.07, 6.45) is -2.93. The third kappa shape index (κ3) is 3.44. The van der Waals surface area contributed by atoms with Gasteiger partial charge < -0.3 is 0 Å². The molecule has 0 atom stereocenters. The molecule has 9 heteroatoms. The van der Waals surface area contributed by atoms with Crippen molar-refractivity contribution in [1.29, 1.82) is 5.26 Å². The molecule has 0 fully saturated rings. The SMILES string of the molecule is N#CSCn1nc(C(F)(F)F)cc1-c1ccc(-c2cccs2)cn1. The van der Waals surface area contributed by atoms with Crippen molar-refractivity contribution < 1.29 is 13.2 Å². The van der Waals surface area contributed by atoms with Crippen molar-refractivity contribution >= 4 is 23.1 Å². The molecule has 0 aliphatic rings. The van der Waals surface area contributed by atoms with Gasteiger partial charge in [0.2, 0.25) is 0 Å². The largest absolute Gasteiger partial charge is 0.435 e. The molecule has 0 bridgehead atoms. The van der Waals surface area contributed by atoms with Crippen LogP contribution in [0.4, 0.5) is 13.2 Å². The number of thiophene rings is 1. The van der Waals surface area contributed by atoms with E-state index in [-0.39, 0.29) is 11.6 Å². The second-order valence-corrected chi connectivity index (χ2v) is 6.36. The van der Waals surface area contributed by atoms with Gasteiger partial charge in [-0.1, -0.05) is 6.07 Å². The Labute approximate surface area is 143 Å². The molecular formula is C15H9F3N4S2. The number of alkyl halides is 3. The lowest BCUT2D eigenvalue weighted by Gasteiger charge is -2.05. The average molecular weight is 366 g/mol. The highest BCUT2D eigenvalue weighted by Crippen LogP contribution is 2.32. The van der Waals surface area contributed by atoms with Crippen LogP contribution in [0.3, 0.4) is 0 Å². The fourth-order valence-corrected chi connectivity index (χ4v) is 3.18. The summed E-state index contributed by atoms with van der Waals surface area (Å²) >= 11 is 2.36. The molecule has 3 aromatic heterocycles. The predicted octanol–water partition coefficient (Wildman–Crippen LogP) is 4.86. The van der Waals surface area contributed by atoms with Crippen molar-refractivity contribution in [2.24, 2.45) is 0 Å². The van der Waals surface area contributed by atoms with Gasteiger partial charge in [-0.05, 0) is 41.4 Å². The molecule has 0 unspecified atom stereocenters. The Balaban J connectivity index is 1.98. The minimum atomic E-state index is -4.55. The van der Waals surface area contributed by atoms with E-state index in [4.69, 9.17) is 5.26 Å². The van der Waals surface area contributed by atoms with E-state index in [1.807, 2.05) is 22.9 Å². The van der Waals surface area contributed by atoms with Crippen LogP contribution in [-0.4, -0.2) is 14.8 Å². The Morgan fingerprint density at radius 3 is 2.71 bits per heavy atom. The van der Waals surface area contributed by atoms with E-state index < -0.39 is 11.9 Å². The Morgan fingerprint density at radius 2 is 2.12 bits per heavy atom. The Kier molecular flexibility index (Phi) is 4.59. The monoisotopic (exact) mass is 366 g/mol. The highest BCUT2D eigenvalue weighted by molar-refractivity contribution is 8.02. The van der Waals surface area contributed by atoms with Gasteiger partial charge in [0, 0.05) is 16.6 Å². The molecular weight excluding hydrogens is 357 g/mol. The van der Waals surface area contributed by atoms with E-state index in [2.05, 4.69) is 10.1 Å². The molecule has 4 nitrogen and oxygen atoms in total. The van der Waals surface area contributed by atoms with E-state index in [1.54, 1.807) is 29.7 Å². The van der Waals surface area contributed by atoms with Gasteiger partial charge in [0.1, 0.15) is 11.3 Å². The zero-order chi connectivity index (χ0) is 17.2. The number of thioether (sulfide) groups is 1. The molecule has 0 aliphatic carbocycles. The third-order valence-corrected chi connectivity index (χ3v) is 4.58. The average Bonchev–Trinajstić information content (AvgIpc) is 3.22. The summed E-state index contributed by atoms with van der Waals surface area (Å²) in [5, 5.41) is 15.9. The normalized spacial score (nSPS) is 11.4. The van der Waals surface area contributed by atoms with Crippen molar-refractivity contribution in [1.82, 2.24) is 14.8 Å². The van der Waals surface area contributed by atoms with Gasteiger partial charge in [-0.15, -0.1) is 11.3 Å². The summed E-state index contributed by atoms with van der Waals surface area (Å²) in [6, 6.07) is 8.26. The number of halogens is 3. The standard InChI is InChI=1S/C15H9F3N4S2/c16-15(17,18)14-6-12(22(21-14)9-23-8-19)11-4-3-10(7-20-11)13-2-1-5-24-13/h1-7H,9H2.